The third kappa shape index (κ3) is 4.77. The van der Waals surface area contributed by atoms with Crippen LogP contribution in [0.4, 0.5) is 0 Å². The lowest BCUT2D eigenvalue weighted by atomic mass is 10.1. The molecule has 2 heterocycles. The van der Waals surface area contributed by atoms with E-state index >= 15 is 0 Å². The van der Waals surface area contributed by atoms with Crippen LogP contribution in [0.1, 0.15) is 37.0 Å². The van der Waals surface area contributed by atoms with Gasteiger partial charge in [-0.2, -0.15) is 0 Å². The van der Waals surface area contributed by atoms with Crippen molar-refractivity contribution in [3.8, 4) is 0 Å². The summed E-state index contributed by atoms with van der Waals surface area (Å²) in [6.45, 7) is 4.19. The minimum Gasteiger partial charge on any atom is -0.481 e. The average molecular weight is 241 g/mol. The van der Waals surface area contributed by atoms with Gasteiger partial charge in [-0.1, -0.05) is 12.5 Å². The molecule has 2 rings (SSSR count). The molecule has 2 N–H and O–H groups in total. The van der Waals surface area contributed by atoms with E-state index in [4.69, 9.17) is 5.11 Å². The molecular formula is C12H19NO2S. The highest BCUT2D eigenvalue weighted by molar-refractivity contribution is 7.10. The highest BCUT2D eigenvalue weighted by atomic mass is 32.1. The van der Waals surface area contributed by atoms with Gasteiger partial charge in [-0.3, -0.25) is 4.79 Å². The van der Waals surface area contributed by atoms with Crippen molar-refractivity contribution >= 4 is 17.3 Å². The Morgan fingerprint density at radius 1 is 1.44 bits per heavy atom. The van der Waals surface area contributed by atoms with E-state index in [0.717, 1.165) is 4.88 Å². The number of nitrogens with one attached hydrogen (secondary N) is 1. The standard InChI is InChI=1S/C7H8O2S.C5H11N/c1-5(7(8)9)6-3-2-4-10-6;1-2-4-6-5-3-1/h2-5H,1H3,(H,8,9);6H,1-5H2. The molecule has 0 bridgehead atoms. The van der Waals surface area contributed by atoms with Gasteiger partial charge in [0.15, 0.2) is 0 Å². The second-order valence-electron chi connectivity index (χ2n) is 3.89. The largest absolute Gasteiger partial charge is 0.481 e. The topological polar surface area (TPSA) is 49.3 Å². The van der Waals surface area contributed by atoms with Crippen molar-refractivity contribution in [2.24, 2.45) is 0 Å². The fourth-order valence-corrected chi connectivity index (χ4v) is 2.24. The molecule has 1 aliphatic rings. The third-order valence-electron chi connectivity index (χ3n) is 2.55. The van der Waals surface area contributed by atoms with E-state index in [1.165, 1.54) is 43.7 Å². The minimum absolute atomic E-state index is 0.361. The van der Waals surface area contributed by atoms with Crippen LogP contribution in [-0.4, -0.2) is 24.2 Å². The first-order chi connectivity index (χ1) is 7.72. The zero-order valence-corrected chi connectivity index (χ0v) is 10.4. The summed E-state index contributed by atoms with van der Waals surface area (Å²) in [5.74, 6) is -1.12. The lowest BCUT2D eigenvalue weighted by molar-refractivity contribution is -0.138. The predicted molar refractivity (Wildman–Crippen MR) is 67.1 cm³/mol. The Bertz CT molecular complexity index is 282. The molecule has 1 saturated heterocycles. The summed E-state index contributed by atoms with van der Waals surface area (Å²) in [6.07, 6.45) is 4.22. The zero-order chi connectivity index (χ0) is 11.8. The summed E-state index contributed by atoms with van der Waals surface area (Å²) in [5.41, 5.74) is 0. The maximum atomic E-state index is 10.4. The van der Waals surface area contributed by atoms with Crippen LogP contribution in [0, 0.1) is 0 Å². The summed E-state index contributed by atoms with van der Waals surface area (Å²) >= 11 is 1.48. The first kappa shape index (κ1) is 13.2. The molecule has 0 saturated carbocycles. The second kappa shape index (κ2) is 7.41. The van der Waals surface area contributed by atoms with Gasteiger partial charge in [0.1, 0.15) is 0 Å². The van der Waals surface area contributed by atoms with Crippen LogP contribution in [0.2, 0.25) is 0 Å². The Morgan fingerprint density at radius 3 is 2.44 bits per heavy atom. The van der Waals surface area contributed by atoms with Crippen LogP contribution in [0.5, 0.6) is 0 Å². The fraction of sp³-hybridized carbons (Fsp3) is 0.583. The fourth-order valence-electron chi connectivity index (χ4n) is 1.46. The van der Waals surface area contributed by atoms with Gasteiger partial charge in [-0.15, -0.1) is 11.3 Å². The van der Waals surface area contributed by atoms with E-state index in [0.29, 0.717) is 0 Å². The van der Waals surface area contributed by atoms with Crippen LogP contribution in [0.3, 0.4) is 0 Å². The monoisotopic (exact) mass is 241 g/mol. The van der Waals surface area contributed by atoms with Gasteiger partial charge in [-0.25, -0.2) is 0 Å². The molecule has 1 atom stereocenters. The molecular weight excluding hydrogens is 222 g/mol. The number of carbonyl (C=O) groups is 1. The maximum absolute atomic E-state index is 10.4. The Morgan fingerprint density at radius 2 is 2.12 bits per heavy atom. The van der Waals surface area contributed by atoms with Crippen LogP contribution >= 0.6 is 11.3 Å². The van der Waals surface area contributed by atoms with Gasteiger partial charge in [0.05, 0.1) is 5.92 Å². The molecule has 4 heteroatoms. The molecule has 0 spiro atoms. The summed E-state index contributed by atoms with van der Waals surface area (Å²) in [7, 11) is 0. The first-order valence-electron chi connectivity index (χ1n) is 5.68. The van der Waals surface area contributed by atoms with E-state index in [9.17, 15) is 4.79 Å². The first-order valence-corrected chi connectivity index (χ1v) is 6.56. The molecule has 0 aromatic carbocycles. The summed E-state index contributed by atoms with van der Waals surface area (Å²) in [6, 6.07) is 3.70. The van der Waals surface area contributed by atoms with Crippen molar-refractivity contribution in [2.75, 3.05) is 13.1 Å². The Balaban J connectivity index is 0.000000181. The Kier molecular flexibility index (Phi) is 6.11. The maximum Gasteiger partial charge on any atom is 0.311 e. The number of carboxylic acids is 1. The second-order valence-corrected chi connectivity index (χ2v) is 4.87. The predicted octanol–water partition coefficient (Wildman–Crippen LogP) is 2.70. The number of carboxylic acid groups (broad SMARTS) is 1. The van der Waals surface area contributed by atoms with Gasteiger partial charge in [0, 0.05) is 4.88 Å². The van der Waals surface area contributed by atoms with Gasteiger partial charge < -0.3 is 10.4 Å². The molecule has 90 valence electrons. The van der Waals surface area contributed by atoms with Crippen LogP contribution in [0.15, 0.2) is 17.5 Å². The molecule has 1 aromatic rings. The molecule has 0 amide bonds. The molecule has 1 aliphatic heterocycles. The number of rotatable bonds is 2. The van der Waals surface area contributed by atoms with Crippen LogP contribution < -0.4 is 5.32 Å². The molecule has 16 heavy (non-hydrogen) atoms. The van der Waals surface area contributed by atoms with Crippen LogP contribution in [0.25, 0.3) is 0 Å². The third-order valence-corrected chi connectivity index (χ3v) is 3.60. The van der Waals surface area contributed by atoms with Crippen LogP contribution in [-0.2, 0) is 4.79 Å². The lowest BCUT2D eigenvalue weighted by Gasteiger charge is -2.08. The summed E-state index contributed by atoms with van der Waals surface area (Å²) in [5, 5.41) is 13.7. The van der Waals surface area contributed by atoms with Gasteiger partial charge >= 0.3 is 5.97 Å². The number of piperidine rings is 1. The molecule has 0 radical (unpaired) electrons. The molecule has 1 unspecified atom stereocenters. The highest BCUT2D eigenvalue weighted by Gasteiger charge is 2.13. The van der Waals surface area contributed by atoms with E-state index < -0.39 is 5.97 Å². The summed E-state index contributed by atoms with van der Waals surface area (Å²) < 4.78 is 0. The number of aliphatic carboxylic acids is 1. The molecule has 3 nitrogen and oxygen atoms in total. The molecule has 1 aromatic heterocycles. The zero-order valence-electron chi connectivity index (χ0n) is 9.61. The Hall–Kier alpha value is -0.870. The van der Waals surface area contributed by atoms with E-state index in [1.807, 2.05) is 17.5 Å². The summed E-state index contributed by atoms with van der Waals surface area (Å²) in [4.78, 5) is 11.3. The molecule has 0 aliphatic carbocycles. The number of thiophene rings is 1. The quantitative estimate of drug-likeness (QED) is 0.837. The van der Waals surface area contributed by atoms with Crippen molar-refractivity contribution < 1.29 is 9.90 Å². The van der Waals surface area contributed by atoms with Crippen molar-refractivity contribution in [1.82, 2.24) is 5.32 Å². The average Bonchev–Trinajstić information content (AvgIpc) is 2.84. The van der Waals surface area contributed by atoms with Crippen molar-refractivity contribution in [2.45, 2.75) is 32.1 Å². The number of hydrogen-bond acceptors (Lipinski definition) is 3. The van der Waals surface area contributed by atoms with Crippen molar-refractivity contribution in [1.29, 1.82) is 0 Å². The smallest absolute Gasteiger partial charge is 0.311 e. The SMILES string of the molecule is C1CCNCC1.CC(C(=O)O)c1cccs1. The number of hydrogen-bond donors (Lipinski definition) is 2. The van der Waals surface area contributed by atoms with E-state index in [2.05, 4.69) is 5.32 Å². The Labute approximate surface area is 100 Å². The van der Waals surface area contributed by atoms with Crippen molar-refractivity contribution in [3.05, 3.63) is 22.4 Å². The van der Waals surface area contributed by atoms with Gasteiger partial charge in [0.25, 0.3) is 0 Å². The minimum atomic E-state index is -0.762. The van der Waals surface area contributed by atoms with E-state index in [-0.39, 0.29) is 5.92 Å². The highest BCUT2D eigenvalue weighted by Crippen LogP contribution is 2.20. The van der Waals surface area contributed by atoms with E-state index in [1.54, 1.807) is 6.92 Å². The normalized spacial score (nSPS) is 17.1. The van der Waals surface area contributed by atoms with Gasteiger partial charge in [0.2, 0.25) is 0 Å². The molecule has 1 fully saturated rings. The van der Waals surface area contributed by atoms with Gasteiger partial charge in [-0.05, 0) is 44.3 Å². The van der Waals surface area contributed by atoms with Crippen molar-refractivity contribution in [3.63, 3.8) is 0 Å². The lowest BCUT2D eigenvalue weighted by Crippen LogP contribution is -2.21.